The summed E-state index contributed by atoms with van der Waals surface area (Å²) in [5.41, 5.74) is -0.223. The summed E-state index contributed by atoms with van der Waals surface area (Å²) in [7, 11) is -3.98. The predicted octanol–water partition coefficient (Wildman–Crippen LogP) is 4.44. The van der Waals surface area contributed by atoms with Gasteiger partial charge in [-0.1, -0.05) is 6.08 Å². The number of pyridine rings is 1. The number of aryl methyl sites for hydroxylation is 1. The summed E-state index contributed by atoms with van der Waals surface area (Å²) in [6, 6.07) is 3.64. The fourth-order valence-electron chi connectivity index (χ4n) is 2.87. The molecule has 0 unspecified atom stereocenters. The van der Waals surface area contributed by atoms with Crippen molar-refractivity contribution in [1.82, 2.24) is 19.3 Å². The Hall–Kier alpha value is -2.24. The van der Waals surface area contributed by atoms with Crippen molar-refractivity contribution in [3.8, 4) is 0 Å². The second-order valence-corrected chi connectivity index (χ2v) is 8.72. The number of sulfonamides is 1. The molecule has 6 nitrogen and oxygen atoms in total. The van der Waals surface area contributed by atoms with Gasteiger partial charge in [-0.3, -0.25) is 4.98 Å². The van der Waals surface area contributed by atoms with Crippen molar-refractivity contribution in [3.63, 3.8) is 0 Å². The van der Waals surface area contributed by atoms with E-state index in [1.54, 1.807) is 6.92 Å². The van der Waals surface area contributed by atoms with Crippen molar-refractivity contribution in [2.24, 2.45) is 0 Å². The molecule has 0 radical (unpaired) electrons. The average Bonchev–Trinajstić information content (AvgIpc) is 3.03. The van der Waals surface area contributed by atoms with Crippen molar-refractivity contribution in [2.75, 3.05) is 0 Å². The molecule has 29 heavy (non-hydrogen) atoms. The number of nitrogens with one attached hydrogen (secondary N) is 1. The SMILES string of the molecule is C=C[C@@H](NS(=O)(=O)c1cncc(Br)c1)c1nc2ccc(C(F)(F)F)cc2n1CC. The highest BCUT2D eigenvalue weighted by Gasteiger charge is 2.31. The van der Waals surface area contributed by atoms with Crippen LogP contribution in [0.2, 0.25) is 0 Å². The van der Waals surface area contributed by atoms with Gasteiger partial charge in [-0.2, -0.15) is 17.9 Å². The van der Waals surface area contributed by atoms with Gasteiger partial charge < -0.3 is 4.57 Å². The number of halogens is 4. The Morgan fingerprint density at radius 3 is 2.62 bits per heavy atom. The quantitative estimate of drug-likeness (QED) is 0.520. The van der Waals surface area contributed by atoms with Crippen molar-refractivity contribution >= 4 is 37.0 Å². The molecular formula is C18H16BrF3N4O2S. The highest BCUT2D eigenvalue weighted by molar-refractivity contribution is 9.10. The zero-order valence-corrected chi connectivity index (χ0v) is 17.5. The highest BCUT2D eigenvalue weighted by atomic mass is 79.9. The second kappa shape index (κ2) is 7.88. The summed E-state index contributed by atoms with van der Waals surface area (Å²) >= 11 is 3.17. The molecule has 0 saturated carbocycles. The maximum absolute atomic E-state index is 13.1. The van der Waals surface area contributed by atoms with Gasteiger partial charge in [0.2, 0.25) is 10.0 Å². The first kappa shape index (κ1) is 21.5. The molecule has 11 heteroatoms. The smallest absolute Gasteiger partial charge is 0.327 e. The monoisotopic (exact) mass is 488 g/mol. The first-order valence-electron chi connectivity index (χ1n) is 8.39. The topological polar surface area (TPSA) is 76.9 Å². The summed E-state index contributed by atoms with van der Waals surface area (Å²) in [6.07, 6.45) is -0.532. The van der Waals surface area contributed by atoms with E-state index in [1.165, 1.54) is 35.2 Å². The van der Waals surface area contributed by atoms with Gasteiger partial charge in [0.1, 0.15) is 10.7 Å². The van der Waals surface area contributed by atoms with Crippen LogP contribution in [0.15, 0.2) is 58.7 Å². The minimum Gasteiger partial charge on any atom is -0.327 e. The van der Waals surface area contributed by atoms with E-state index in [0.717, 1.165) is 12.1 Å². The normalized spacial score (nSPS) is 13.6. The van der Waals surface area contributed by atoms with E-state index in [-0.39, 0.29) is 22.8 Å². The minimum absolute atomic E-state index is 0.0720. The van der Waals surface area contributed by atoms with Gasteiger partial charge in [0.05, 0.1) is 22.6 Å². The van der Waals surface area contributed by atoms with Crippen molar-refractivity contribution in [3.05, 3.63) is 65.2 Å². The lowest BCUT2D eigenvalue weighted by atomic mass is 10.2. The fraction of sp³-hybridized carbons (Fsp3) is 0.222. The Balaban J connectivity index is 2.06. The number of rotatable bonds is 6. The van der Waals surface area contributed by atoms with Crippen LogP contribution in [0.25, 0.3) is 11.0 Å². The van der Waals surface area contributed by atoms with E-state index in [9.17, 15) is 21.6 Å². The summed E-state index contributed by atoms with van der Waals surface area (Å²) in [4.78, 5) is 8.11. The summed E-state index contributed by atoms with van der Waals surface area (Å²) in [5, 5.41) is 0. The van der Waals surface area contributed by atoms with Gasteiger partial charge in [0, 0.05) is 23.4 Å². The molecule has 0 aliphatic heterocycles. The van der Waals surface area contributed by atoms with Gasteiger partial charge in [-0.05, 0) is 47.1 Å². The van der Waals surface area contributed by atoms with Gasteiger partial charge in [0.25, 0.3) is 0 Å². The van der Waals surface area contributed by atoms with E-state index in [1.807, 2.05) is 0 Å². The number of hydrogen-bond donors (Lipinski definition) is 1. The number of nitrogens with zero attached hydrogens (tertiary/aromatic N) is 3. The van der Waals surface area contributed by atoms with Gasteiger partial charge >= 0.3 is 6.18 Å². The number of imidazole rings is 1. The van der Waals surface area contributed by atoms with Crippen LogP contribution in [-0.4, -0.2) is 23.0 Å². The summed E-state index contributed by atoms with van der Waals surface area (Å²) < 4.78 is 69.2. The van der Waals surface area contributed by atoms with Crippen LogP contribution in [0.1, 0.15) is 24.4 Å². The molecule has 1 atom stereocenters. The van der Waals surface area contributed by atoms with E-state index >= 15 is 0 Å². The van der Waals surface area contributed by atoms with Gasteiger partial charge in [-0.15, -0.1) is 6.58 Å². The van der Waals surface area contributed by atoms with Crippen LogP contribution in [0.3, 0.4) is 0 Å². The van der Waals surface area contributed by atoms with Crippen LogP contribution in [-0.2, 0) is 22.7 Å². The standard InChI is InChI=1S/C18H16BrF3N4O2S/c1-3-14(25-29(27,28)13-8-12(19)9-23-10-13)17-24-15-6-5-11(18(20,21)22)7-16(15)26(17)4-2/h3,5-10,14,25H,1,4H2,2H3/t14-/m1/s1. The molecule has 0 amide bonds. The lowest BCUT2D eigenvalue weighted by Crippen LogP contribution is -2.29. The maximum Gasteiger partial charge on any atom is 0.416 e. The predicted molar refractivity (Wildman–Crippen MR) is 106 cm³/mol. The largest absolute Gasteiger partial charge is 0.416 e. The number of benzene rings is 1. The van der Waals surface area contributed by atoms with Crippen LogP contribution in [0.5, 0.6) is 0 Å². The summed E-state index contributed by atoms with van der Waals surface area (Å²) in [5.74, 6) is 0.239. The van der Waals surface area contributed by atoms with E-state index in [0.29, 0.717) is 9.99 Å². The lowest BCUT2D eigenvalue weighted by Gasteiger charge is -2.16. The second-order valence-electron chi connectivity index (χ2n) is 6.09. The van der Waals surface area contributed by atoms with Crippen molar-refractivity contribution < 1.29 is 21.6 Å². The Labute approximate surface area is 173 Å². The zero-order chi connectivity index (χ0) is 21.4. The molecule has 3 rings (SSSR count). The molecule has 0 aliphatic carbocycles. The molecule has 0 fully saturated rings. The zero-order valence-electron chi connectivity index (χ0n) is 15.1. The van der Waals surface area contributed by atoms with E-state index in [2.05, 4.69) is 37.2 Å². The molecule has 2 heterocycles. The molecule has 2 aromatic heterocycles. The van der Waals surface area contributed by atoms with Crippen LogP contribution in [0, 0.1) is 0 Å². The van der Waals surface area contributed by atoms with E-state index < -0.39 is 27.8 Å². The first-order chi connectivity index (χ1) is 13.6. The molecule has 1 aromatic carbocycles. The van der Waals surface area contributed by atoms with Gasteiger partial charge in [0.15, 0.2) is 0 Å². The molecule has 0 spiro atoms. The first-order valence-corrected chi connectivity index (χ1v) is 10.7. The van der Waals surface area contributed by atoms with Crippen LogP contribution < -0.4 is 4.72 Å². The highest BCUT2D eigenvalue weighted by Crippen LogP contribution is 2.32. The Morgan fingerprint density at radius 1 is 1.31 bits per heavy atom. The molecule has 0 aliphatic rings. The molecule has 0 saturated heterocycles. The number of alkyl halides is 3. The number of hydrogen-bond acceptors (Lipinski definition) is 4. The Bertz CT molecular complexity index is 1180. The van der Waals surface area contributed by atoms with Crippen LogP contribution >= 0.6 is 15.9 Å². The van der Waals surface area contributed by atoms with Crippen molar-refractivity contribution in [2.45, 2.75) is 30.6 Å². The third-order valence-corrected chi connectivity index (χ3v) is 6.05. The minimum atomic E-state index is -4.50. The summed E-state index contributed by atoms with van der Waals surface area (Å²) in [6.45, 7) is 5.67. The third kappa shape index (κ3) is 4.36. The van der Waals surface area contributed by atoms with Crippen LogP contribution in [0.4, 0.5) is 13.2 Å². The van der Waals surface area contributed by atoms with E-state index in [4.69, 9.17) is 0 Å². The third-order valence-electron chi connectivity index (χ3n) is 4.21. The Morgan fingerprint density at radius 2 is 2.03 bits per heavy atom. The molecule has 3 aromatic rings. The maximum atomic E-state index is 13.1. The molecule has 1 N–H and O–H groups in total. The lowest BCUT2D eigenvalue weighted by molar-refractivity contribution is -0.137. The van der Waals surface area contributed by atoms with Crippen molar-refractivity contribution in [1.29, 1.82) is 0 Å². The molecule has 0 bridgehead atoms. The number of aromatic nitrogens is 3. The number of fused-ring (bicyclic) bond motifs is 1. The Kier molecular flexibility index (Phi) is 5.84. The molecule has 154 valence electrons. The average molecular weight is 489 g/mol. The van der Waals surface area contributed by atoms with Gasteiger partial charge in [-0.25, -0.2) is 13.4 Å². The molecular weight excluding hydrogens is 473 g/mol. The fourth-order valence-corrected chi connectivity index (χ4v) is 4.54.